The number of thiazole rings is 1. The third kappa shape index (κ3) is 3.43. The second-order valence-electron chi connectivity index (χ2n) is 5.25. The van der Waals surface area contributed by atoms with Crippen LogP contribution in [0.2, 0.25) is 0 Å². The zero-order valence-electron chi connectivity index (χ0n) is 11.1. The molecule has 2 aromatic rings. The van der Waals surface area contributed by atoms with Crippen LogP contribution >= 0.6 is 11.3 Å². The molecule has 1 heterocycles. The summed E-state index contributed by atoms with van der Waals surface area (Å²) in [7, 11) is 0. The van der Waals surface area contributed by atoms with Crippen LogP contribution in [-0.2, 0) is 6.54 Å². The van der Waals surface area contributed by atoms with Gasteiger partial charge in [-0.1, -0.05) is 49.6 Å². The maximum Gasteiger partial charge on any atom is 0.107 e. The van der Waals surface area contributed by atoms with Crippen LogP contribution in [0.25, 0.3) is 11.3 Å². The fourth-order valence-corrected chi connectivity index (χ4v) is 3.19. The molecule has 0 bridgehead atoms. The van der Waals surface area contributed by atoms with Gasteiger partial charge < -0.3 is 5.32 Å². The number of benzene rings is 1. The molecule has 1 aromatic heterocycles. The summed E-state index contributed by atoms with van der Waals surface area (Å²) in [5.74, 6) is 0.990. The Morgan fingerprint density at radius 3 is 2.79 bits per heavy atom. The van der Waals surface area contributed by atoms with Crippen LogP contribution in [0.15, 0.2) is 35.7 Å². The van der Waals surface area contributed by atoms with Gasteiger partial charge in [0.15, 0.2) is 0 Å². The lowest BCUT2D eigenvalue weighted by Crippen LogP contribution is -2.20. The molecule has 0 spiro atoms. The summed E-state index contributed by atoms with van der Waals surface area (Å²) in [6, 6.07) is 10.4. The number of aromatic nitrogens is 1. The van der Waals surface area contributed by atoms with E-state index in [1.165, 1.54) is 36.3 Å². The first-order valence-electron chi connectivity index (χ1n) is 7.12. The molecule has 3 rings (SSSR count). The third-order valence-electron chi connectivity index (χ3n) is 3.85. The smallest absolute Gasteiger partial charge is 0.107 e. The number of hydrogen-bond acceptors (Lipinski definition) is 3. The molecular formula is C16H20N2S. The van der Waals surface area contributed by atoms with Crippen molar-refractivity contribution in [3.63, 3.8) is 0 Å². The largest absolute Gasteiger partial charge is 0.310 e. The number of nitrogens with zero attached hydrogens (tertiary/aromatic N) is 1. The molecule has 0 aliphatic heterocycles. The predicted molar refractivity (Wildman–Crippen MR) is 81.2 cm³/mol. The Bertz CT molecular complexity index is 502. The van der Waals surface area contributed by atoms with Crippen molar-refractivity contribution in [1.82, 2.24) is 10.3 Å². The highest BCUT2D eigenvalue weighted by Gasteiger charge is 2.16. The average Bonchev–Trinajstić information content (AvgIpc) is 2.86. The van der Waals surface area contributed by atoms with Crippen LogP contribution in [0.1, 0.15) is 30.7 Å². The SMILES string of the molecule is c1ccc(-c2csc(CNCCC3CCC3)n2)cc1. The lowest BCUT2D eigenvalue weighted by atomic mass is 9.83. The minimum absolute atomic E-state index is 0.907. The molecule has 100 valence electrons. The van der Waals surface area contributed by atoms with Crippen molar-refractivity contribution in [2.75, 3.05) is 6.54 Å². The summed E-state index contributed by atoms with van der Waals surface area (Å²) in [6.07, 6.45) is 5.66. The summed E-state index contributed by atoms with van der Waals surface area (Å²) in [6.45, 7) is 2.04. The Morgan fingerprint density at radius 2 is 2.05 bits per heavy atom. The molecule has 19 heavy (non-hydrogen) atoms. The number of hydrogen-bond donors (Lipinski definition) is 1. The van der Waals surface area contributed by atoms with Crippen LogP contribution in [-0.4, -0.2) is 11.5 Å². The first-order chi connectivity index (χ1) is 9.42. The molecule has 3 heteroatoms. The maximum atomic E-state index is 4.69. The van der Waals surface area contributed by atoms with Gasteiger partial charge in [-0.2, -0.15) is 0 Å². The molecule has 2 nitrogen and oxygen atoms in total. The molecule has 1 aliphatic carbocycles. The Balaban J connectivity index is 1.48. The third-order valence-corrected chi connectivity index (χ3v) is 4.70. The van der Waals surface area contributed by atoms with Crippen molar-refractivity contribution in [2.45, 2.75) is 32.2 Å². The Morgan fingerprint density at radius 1 is 1.21 bits per heavy atom. The van der Waals surface area contributed by atoms with Gasteiger partial charge in [0.2, 0.25) is 0 Å². The van der Waals surface area contributed by atoms with E-state index in [0.717, 1.165) is 24.7 Å². The van der Waals surface area contributed by atoms with Crippen LogP contribution in [0.3, 0.4) is 0 Å². The monoisotopic (exact) mass is 272 g/mol. The first-order valence-corrected chi connectivity index (χ1v) is 8.00. The van der Waals surface area contributed by atoms with Gasteiger partial charge in [-0.05, 0) is 18.9 Å². The van der Waals surface area contributed by atoms with Crippen molar-refractivity contribution in [1.29, 1.82) is 0 Å². The topological polar surface area (TPSA) is 24.9 Å². The van der Waals surface area contributed by atoms with E-state index in [2.05, 4.69) is 39.9 Å². The molecule has 0 unspecified atom stereocenters. The average molecular weight is 272 g/mol. The van der Waals surface area contributed by atoms with E-state index in [1.54, 1.807) is 11.3 Å². The first kappa shape index (κ1) is 12.8. The van der Waals surface area contributed by atoms with E-state index in [4.69, 9.17) is 0 Å². The normalized spacial score (nSPS) is 15.4. The minimum atomic E-state index is 0.907. The fourth-order valence-electron chi connectivity index (χ4n) is 2.42. The van der Waals surface area contributed by atoms with Gasteiger partial charge in [0.1, 0.15) is 5.01 Å². The van der Waals surface area contributed by atoms with E-state index >= 15 is 0 Å². The summed E-state index contributed by atoms with van der Waals surface area (Å²) in [5, 5.41) is 6.85. The highest BCUT2D eigenvalue weighted by atomic mass is 32.1. The molecule has 1 aromatic carbocycles. The summed E-state index contributed by atoms with van der Waals surface area (Å²) in [5.41, 5.74) is 2.31. The highest BCUT2D eigenvalue weighted by Crippen LogP contribution is 2.28. The zero-order valence-corrected chi connectivity index (χ0v) is 12.0. The van der Waals surface area contributed by atoms with Gasteiger partial charge in [0, 0.05) is 17.5 Å². The lowest BCUT2D eigenvalue weighted by Gasteiger charge is -2.25. The molecular weight excluding hydrogens is 252 g/mol. The predicted octanol–water partition coefficient (Wildman–Crippen LogP) is 4.09. The Labute approximate surface area is 118 Å². The van der Waals surface area contributed by atoms with Crippen LogP contribution in [0, 0.1) is 5.92 Å². The van der Waals surface area contributed by atoms with Gasteiger partial charge in [0.25, 0.3) is 0 Å². The van der Waals surface area contributed by atoms with Gasteiger partial charge in [-0.3, -0.25) is 0 Å². The second-order valence-corrected chi connectivity index (χ2v) is 6.20. The number of nitrogens with one attached hydrogen (secondary N) is 1. The summed E-state index contributed by atoms with van der Waals surface area (Å²) >= 11 is 1.75. The quantitative estimate of drug-likeness (QED) is 0.801. The van der Waals surface area contributed by atoms with E-state index in [0.29, 0.717) is 0 Å². The molecule has 0 radical (unpaired) electrons. The zero-order chi connectivity index (χ0) is 12.9. The maximum absolute atomic E-state index is 4.69. The van der Waals surface area contributed by atoms with Crippen molar-refractivity contribution < 1.29 is 0 Å². The lowest BCUT2D eigenvalue weighted by molar-refractivity contribution is 0.292. The van der Waals surface area contributed by atoms with E-state index in [-0.39, 0.29) is 0 Å². The van der Waals surface area contributed by atoms with Crippen molar-refractivity contribution in [2.24, 2.45) is 5.92 Å². The van der Waals surface area contributed by atoms with E-state index in [9.17, 15) is 0 Å². The number of rotatable bonds is 6. The summed E-state index contributed by atoms with van der Waals surface area (Å²) < 4.78 is 0. The standard InChI is InChI=1S/C16H20N2S/c1-2-7-14(8-3-1)15-12-19-16(18-15)11-17-10-9-13-5-4-6-13/h1-3,7-8,12-13,17H,4-6,9-11H2. The minimum Gasteiger partial charge on any atom is -0.310 e. The van der Waals surface area contributed by atoms with Gasteiger partial charge in [-0.15, -0.1) is 11.3 Å². The van der Waals surface area contributed by atoms with Crippen LogP contribution < -0.4 is 5.32 Å². The highest BCUT2D eigenvalue weighted by molar-refractivity contribution is 7.09. The second kappa shape index (κ2) is 6.31. The van der Waals surface area contributed by atoms with Crippen LogP contribution in [0.5, 0.6) is 0 Å². The molecule has 1 N–H and O–H groups in total. The van der Waals surface area contributed by atoms with Crippen molar-refractivity contribution >= 4 is 11.3 Å². The van der Waals surface area contributed by atoms with Crippen LogP contribution in [0.4, 0.5) is 0 Å². The molecule has 1 aliphatic rings. The van der Waals surface area contributed by atoms with Gasteiger partial charge in [0.05, 0.1) is 5.69 Å². The molecule has 0 saturated heterocycles. The van der Waals surface area contributed by atoms with E-state index in [1.807, 2.05) is 6.07 Å². The van der Waals surface area contributed by atoms with Gasteiger partial charge >= 0.3 is 0 Å². The van der Waals surface area contributed by atoms with E-state index < -0.39 is 0 Å². The van der Waals surface area contributed by atoms with Crippen molar-refractivity contribution in [3.05, 3.63) is 40.7 Å². The molecule has 0 amide bonds. The molecule has 1 saturated carbocycles. The molecule has 1 fully saturated rings. The summed E-state index contributed by atoms with van der Waals surface area (Å²) in [4.78, 5) is 4.69. The fraction of sp³-hybridized carbons (Fsp3) is 0.438. The van der Waals surface area contributed by atoms with Gasteiger partial charge in [-0.25, -0.2) is 4.98 Å². The Hall–Kier alpha value is -1.19. The van der Waals surface area contributed by atoms with Crippen molar-refractivity contribution in [3.8, 4) is 11.3 Å². The molecule has 0 atom stereocenters. The Kier molecular flexibility index (Phi) is 4.26.